The second-order valence-electron chi connectivity index (χ2n) is 7.32. The summed E-state index contributed by atoms with van der Waals surface area (Å²) in [6.45, 7) is 0.550. The van der Waals surface area contributed by atoms with Gasteiger partial charge in [0.1, 0.15) is 0 Å². The lowest BCUT2D eigenvalue weighted by atomic mass is 9.97. The van der Waals surface area contributed by atoms with Gasteiger partial charge in [0.05, 0.1) is 29.3 Å². The van der Waals surface area contributed by atoms with E-state index in [9.17, 15) is 13.2 Å². The monoisotopic (exact) mass is 495 g/mol. The zero-order valence-electron chi connectivity index (χ0n) is 17.5. The summed E-state index contributed by atoms with van der Waals surface area (Å²) >= 11 is 7.20. The summed E-state index contributed by atoms with van der Waals surface area (Å²) in [6.07, 6.45) is 0.871. The number of sulfonamides is 1. The van der Waals surface area contributed by atoms with E-state index >= 15 is 0 Å². The number of aromatic nitrogens is 1. The van der Waals surface area contributed by atoms with E-state index in [1.165, 1.54) is 27.8 Å². The Morgan fingerprint density at radius 2 is 1.75 bits per heavy atom. The van der Waals surface area contributed by atoms with E-state index in [0.29, 0.717) is 40.0 Å². The van der Waals surface area contributed by atoms with Gasteiger partial charge in [-0.05, 0) is 37.1 Å². The number of rotatable bonds is 6. The molecule has 1 N–H and O–H groups in total. The molecule has 3 aromatic rings. The largest absolute Gasteiger partial charge is 0.493 e. The molecule has 0 atom stereocenters. The summed E-state index contributed by atoms with van der Waals surface area (Å²) in [5.74, 6) is 0.711. The lowest BCUT2D eigenvalue weighted by Gasteiger charge is -2.30. The minimum absolute atomic E-state index is 0.161. The van der Waals surface area contributed by atoms with Crippen LogP contribution < -0.4 is 14.8 Å². The van der Waals surface area contributed by atoms with Crippen molar-refractivity contribution in [2.45, 2.75) is 17.7 Å². The third-order valence-electron chi connectivity index (χ3n) is 5.40. The van der Waals surface area contributed by atoms with Crippen LogP contribution in [0.3, 0.4) is 0 Å². The molecule has 0 bridgehead atoms. The molecule has 1 aromatic heterocycles. The number of nitrogens with one attached hydrogen (secondary N) is 1. The normalized spacial score (nSPS) is 15.6. The van der Waals surface area contributed by atoms with Crippen LogP contribution in [0.25, 0.3) is 10.2 Å². The SMILES string of the molecule is COc1cc2nc(NC(=O)C3CCN(S(=O)(=O)c4ccc(Cl)cc4)CC3)sc2cc1OC. The van der Waals surface area contributed by atoms with Crippen molar-refractivity contribution < 1.29 is 22.7 Å². The van der Waals surface area contributed by atoms with Crippen molar-refractivity contribution in [2.24, 2.45) is 5.92 Å². The number of hydrogen-bond donors (Lipinski definition) is 1. The van der Waals surface area contributed by atoms with E-state index in [-0.39, 0.29) is 29.8 Å². The smallest absolute Gasteiger partial charge is 0.243 e. The van der Waals surface area contributed by atoms with Gasteiger partial charge in [0.15, 0.2) is 16.6 Å². The molecule has 1 saturated heterocycles. The van der Waals surface area contributed by atoms with Crippen LogP contribution in [0.4, 0.5) is 5.13 Å². The Morgan fingerprint density at radius 3 is 2.38 bits per heavy atom. The quantitative estimate of drug-likeness (QED) is 0.555. The maximum Gasteiger partial charge on any atom is 0.243 e. The molecule has 11 heteroatoms. The highest BCUT2D eigenvalue weighted by atomic mass is 35.5. The molecule has 0 aliphatic carbocycles. The van der Waals surface area contributed by atoms with Crippen molar-refractivity contribution >= 4 is 54.2 Å². The molecule has 0 spiro atoms. The Bertz CT molecular complexity index is 1200. The van der Waals surface area contributed by atoms with E-state index in [2.05, 4.69) is 10.3 Å². The van der Waals surface area contributed by atoms with Crippen LogP contribution in [-0.4, -0.2) is 50.9 Å². The Kier molecular flexibility index (Phi) is 6.57. The van der Waals surface area contributed by atoms with Gasteiger partial charge in [-0.2, -0.15) is 4.31 Å². The predicted molar refractivity (Wildman–Crippen MR) is 124 cm³/mol. The molecule has 1 aliphatic rings. The van der Waals surface area contributed by atoms with E-state index in [0.717, 1.165) is 4.70 Å². The topological polar surface area (TPSA) is 97.8 Å². The van der Waals surface area contributed by atoms with E-state index in [1.807, 2.05) is 6.07 Å². The molecule has 0 unspecified atom stereocenters. The maximum absolute atomic E-state index is 12.8. The number of hydrogen-bond acceptors (Lipinski definition) is 7. The third-order valence-corrected chi connectivity index (χ3v) is 8.50. The summed E-state index contributed by atoms with van der Waals surface area (Å²) in [5.41, 5.74) is 0.701. The molecule has 1 fully saturated rings. The molecule has 0 radical (unpaired) electrons. The molecule has 1 aliphatic heterocycles. The first-order valence-corrected chi connectivity index (χ1v) is 12.5. The van der Waals surface area contributed by atoms with Gasteiger partial charge in [-0.3, -0.25) is 4.79 Å². The number of carbonyl (C=O) groups excluding carboxylic acids is 1. The van der Waals surface area contributed by atoms with E-state index in [1.54, 1.807) is 32.4 Å². The number of nitrogens with zero attached hydrogens (tertiary/aromatic N) is 2. The summed E-state index contributed by atoms with van der Waals surface area (Å²) in [5, 5.41) is 3.83. The Labute approximate surface area is 195 Å². The van der Waals surface area contributed by atoms with Crippen molar-refractivity contribution in [3.63, 3.8) is 0 Å². The highest BCUT2D eigenvalue weighted by molar-refractivity contribution is 7.89. The first-order valence-electron chi connectivity index (χ1n) is 9.91. The maximum atomic E-state index is 12.8. The van der Waals surface area contributed by atoms with Crippen LogP contribution in [-0.2, 0) is 14.8 Å². The Balaban J connectivity index is 1.41. The molecule has 8 nitrogen and oxygen atoms in total. The number of amides is 1. The molecule has 0 saturated carbocycles. The number of halogens is 1. The fourth-order valence-corrected chi connectivity index (χ4v) is 6.10. The minimum atomic E-state index is -3.61. The predicted octanol–water partition coefficient (Wildman–Crippen LogP) is 4.01. The van der Waals surface area contributed by atoms with Gasteiger partial charge in [-0.15, -0.1) is 0 Å². The highest BCUT2D eigenvalue weighted by Crippen LogP contribution is 2.36. The van der Waals surface area contributed by atoms with Gasteiger partial charge in [0.2, 0.25) is 15.9 Å². The van der Waals surface area contributed by atoms with Crippen molar-refractivity contribution in [2.75, 3.05) is 32.6 Å². The molecule has 4 rings (SSSR count). The van der Waals surface area contributed by atoms with E-state index in [4.69, 9.17) is 21.1 Å². The number of carbonyl (C=O) groups is 1. The standard InChI is InChI=1S/C21H22ClN3O5S2/c1-29-17-11-16-19(12-18(17)30-2)31-21(23-16)24-20(26)13-7-9-25(10-8-13)32(27,28)15-5-3-14(22)4-6-15/h3-6,11-13H,7-10H2,1-2H3,(H,23,24,26). The van der Waals surface area contributed by atoms with Crippen LogP contribution in [0.15, 0.2) is 41.3 Å². The van der Waals surface area contributed by atoms with Crippen LogP contribution in [0.2, 0.25) is 5.02 Å². The van der Waals surface area contributed by atoms with Crippen molar-refractivity contribution in [1.82, 2.24) is 9.29 Å². The molecule has 32 heavy (non-hydrogen) atoms. The number of piperidine rings is 1. The molecular weight excluding hydrogens is 474 g/mol. The van der Waals surface area contributed by atoms with Gasteiger partial charge < -0.3 is 14.8 Å². The fourth-order valence-electron chi connectivity index (χ4n) is 3.63. The number of methoxy groups -OCH3 is 2. The van der Waals surface area contributed by atoms with Gasteiger partial charge in [-0.1, -0.05) is 22.9 Å². The average molecular weight is 496 g/mol. The third kappa shape index (κ3) is 4.54. The second-order valence-corrected chi connectivity index (χ2v) is 10.7. The molecular formula is C21H22ClN3O5S2. The highest BCUT2D eigenvalue weighted by Gasteiger charge is 2.32. The van der Waals surface area contributed by atoms with Gasteiger partial charge in [0, 0.05) is 36.2 Å². The Morgan fingerprint density at radius 1 is 1.12 bits per heavy atom. The first-order chi connectivity index (χ1) is 15.3. The summed E-state index contributed by atoms with van der Waals surface area (Å²) in [4.78, 5) is 17.4. The fraction of sp³-hybridized carbons (Fsp3) is 0.333. The van der Waals surface area contributed by atoms with Gasteiger partial charge in [0.25, 0.3) is 0 Å². The Hall–Kier alpha value is -2.40. The zero-order valence-corrected chi connectivity index (χ0v) is 19.9. The van der Waals surface area contributed by atoms with Crippen LogP contribution in [0.1, 0.15) is 12.8 Å². The number of thiazole rings is 1. The number of fused-ring (bicyclic) bond motifs is 1. The van der Waals surface area contributed by atoms with Gasteiger partial charge >= 0.3 is 0 Å². The summed E-state index contributed by atoms with van der Waals surface area (Å²) < 4.78 is 38.5. The van der Waals surface area contributed by atoms with Crippen molar-refractivity contribution in [3.8, 4) is 11.5 Å². The average Bonchev–Trinajstić information content (AvgIpc) is 3.19. The lowest BCUT2D eigenvalue weighted by Crippen LogP contribution is -2.41. The van der Waals surface area contributed by atoms with Crippen LogP contribution >= 0.6 is 22.9 Å². The lowest BCUT2D eigenvalue weighted by molar-refractivity contribution is -0.120. The molecule has 2 aromatic carbocycles. The zero-order chi connectivity index (χ0) is 22.9. The molecule has 1 amide bonds. The second kappa shape index (κ2) is 9.22. The number of ether oxygens (including phenoxy) is 2. The number of anilines is 1. The van der Waals surface area contributed by atoms with Crippen LogP contribution in [0, 0.1) is 5.92 Å². The summed E-state index contributed by atoms with van der Waals surface area (Å²) in [6, 6.07) is 9.68. The number of benzene rings is 2. The van der Waals surface area contributed by atoms with E-state index < -0.39 is 10.0 Å². The summed E-state index contributed by atoms with van der Waals surface area (Å²) in [7, 11) is -0.492. The van der Waals surface area contributed by atoms with Crippen LogP contribution in [0.5, 0.6) is 11.5 Å². The van der Waals surface area contributed by atoms with Crippen molar-refractivity contribution in [1.29, 1.82) is 0 Å². The molecule has 170 valence electrons. The molecule has 2 heterocycles. The minimum Gasteiger partial charge on any atom is -0.493 e. The first kappa shape index (κ1) is 22.8. The van der Waals surface area contributed by atoms with Crippen molar-refractivity contribution in [3.05, 3.63) is 41.4 Å². The van der Waals surface area contributed by atoms with Gasteiger partial charge in [-0.25, -0.2) is 13.4 Å².